The molecule has 0 saturated heterocycles. The lowest BCUT2D eigenvalue weighted by molar-refractivity contribution is -0.138. The van der Waals surface area contributed by atoms with Gasteiger partial charge in [-0.1, -0.05) is 0 Å². The highest BCUT2D eigenvalue weighted by Gasteiger charge is 2.32. The maximum Gasteiger partial charge on any atom is 0.417 e. The van der Waals surface area contributed by atoms with E-state index in [-0.39, 0.29) is 18.5 Å². The number of alkyl halides is 3. The van der Waals surface area contributed by atoms with Crippen molar-refractivity contribution in [2.75, 3.05) is 6.61 Å². The predicted octanol–water partition coefficient (Wildman–Crippen LogP) is 6.73. The van der Waals surface area contributed by atoms with E-state index in [9.17, 15) is 27.9 Å². The number of aromatic nitrogens is 3. The standard InChI is InChI=1S/C34H30F3N3O5/c1-18-11-24-22(5-6-27(41)40(24)17-19-12-21(16-38-15-19)34(35,36)37)30(23(18)13-28(42)43)31-26(45-33(2,3)4)14-25-29-20(8-10-44-25)7-9-39-32(29)31/h5-7,9,11-12,14-16H,8,10,13,17H2,1-4H3,(H,42,43). The summed E-state index contributed by atoms with van der Waals surface area (Å²) in [5.41, 5.74) is 2.31. The monoisotopic (exact) mass is 617 g/mol. The summed E-state index contributed by atoms with van der Waals surface area (Å²) in [4.78, 5) is 34.1. The molecular weight excluding hydrogens is 587 g/mol. The second kappa shape index (κ2) is 10.9. The molecule has 45 heavy (non-hydrogen) atoms. The number of hydrogen-bond acceptors (Lipinski definition) is 6. The summed E-state index contributed by atoms with van der Waals surface area (Å²) in [6.07, 6.45) is -0.548. The van der Waals surface area contributed by atoms with Gasteiger partial charge < -0.3 is 19.1 Å². The molecular formula is C34H30F3N3O5. The summed E-state index contributed by atoms with van der Waals surface area (Å²) in [5, 5.41) is 11.3. The molecule has 2 aromatic carbocycles. The number of nitrogens with zero attached hydrogens (tertiary/aromatic N) is 3. The molecule has 232 valence electrons. The molecule has 11 heteroatoms. The molecule has 0 bridgehead atoms. The minimum absolute atomic E-state index is 0.186. The second-order valence-corrected chi connectivity index (χ2v) is 12.1. The lowest BCUT2D eigenvalue weighted by atomic mass is 9.87. The van der Waals surface area contributed by atoms with Crippen molar-refractivity contribution in [2.24, 2.45) is 0 Å². The third-order valence-corrected chi connectivity index (χ3v) is 7.74. The zero-order chi connectivity index (χ0) is 32.3. The second-order valence-electron chi connectivity index (χ2n) is 12.1. The van der Waals surface area contributed by atoms with Crippen LogP contribution in [0.3, 0.4) is 0 Å². The summed E-state index contributed by atoms with van der Waals surface area (Å²) in [6, 6.07) is 9.35. The van der Waals surface area contributed by atoms with E-state index in [2.05, 4.69) is 4.98 Å². The number of carboxylic acids is 1. The molecule has 0 unspecified atom stereocenters. The van der Waals surface area contributed by atoms with Crippen molar-refractivity contribution in [3.8, 4) is 22.6 Å². The van der Waals surface area contributed by atoms with Crippen molar-refractivity contribution in [1.82, 2.24) is 14.5 Å². The molecule has 5 aromatic rings. The number of halogens is 3. The molecule has 6 rings (SSSR count). The van der Waals surface area contributed by atoms with Crippen molar-refractivity contribution < 1.29 is 32.5 Å². The van der Waals surface area contributed by atoms with Crippen molar-refractivity contribution in [1.29, 1.82) is 0 Å². The Labute approximate surface area is 256 Å². The SMILES string of the molecule is Cc1cc2c(ccc(=O)n2Cc2cncc(C(F)(F)F)c2)c(-c2c(OC(C)(C)C)cc3c4c(ccnc24)CCO3)c1CC(=O)O. The van der Waals surface area contributed by atoms with Crippen LogP contribution in [0, 0.1) is 6.92 Å². The van der Waals surface area contributed by atoms with Gasteiger partial charge in [0.05, 0.1) is 41.7 Å². The van der Waals surface area contributed by atoms with Crippen LogP contribution in [0.25, 0.3) is 32.9 Å². The maximum atomic E-state index is 13.5. The van der Waals surface area contributed by atoms with Crippen LogP contribution in [-0.4, -0.2) is 37.8 Å². The normalized spacial score (nSPS) is 13.2. The smallest absolute Gasteiger partial charge is 0.417 e. The molecule has 0 amide bonds. The van der Waals surface area contributed by atoms with E-state index in [1.165, 1.54) is 16.8 Å². The first-order chi connectivity index (χ1) is 21.2. The lowest BCUT2D eigenvalue weighted by Crippen LogP contribution is -2.24. The number of hydrogen-bond donors (Lipinski definition) is 1. The Kier molecular flexibility index (Phi) is 7.29. The third kappa shape index (κ3) is 5.70. The van der Waals surface area contributed by atoms with Crippen LogP contribution in [0.2, 0.25) is 0 Å². The van der Waals surface area contributed by atoms with Gasteiger partial charge in [-0.3, -0.25) is 19.6 Å². The number of ether oxygens (including phenoxy) is 2. The van der Waals surface area contributed by atoms with E-state index in [4.69, 9.17) is 14.5 Å². The number of aryl methyl sites for hydroxylation is 1. The molecule has 0 atom stereocenters. The lowest BCUT2D eigenvalue weighted by Gasteiger charge is -2.28. The Bertz CT molecular complexity index is 2060. The maximum absolute atomic E-state index is 13.5. The quantitative estimate of drug-likeness (QED) is 0.225. The van der Waals surface area contributed by atoms with E-state index in [0.29, 0.717) is 63.2 Å². The number of fused-ring (bicyclic) bond motifs is 1. The average Bonchev–Trinajstić information content (AvgIpc) is 2.95. The highest BCUT2D eigenvalue weighted by molar-refractivity contribution is 6.10. The van der Waals surface area contributed by atoms with Crippen LogP contribution >= 0.6 is 0 Å². The zero-order valence-corrected chi connectivity index (χ0v) is 25.1. The van der Waals surface area contributed by atoms with Gasteiger partial charge in [0.1, 0.15) is 17.1 Å². The van der Waals surface area contributed by atoms with Crippen LogP contribution in [-0.2, 0) is 30.4 Å². The van der Waals surface area contributed by atoms with Gasteiger partial charge in [0.2, 0.25) is 0 Å². The molecule has 0 aliphatic carbocycles. The van der Waals surface area contributed by atoms with Crippen LogP contribution < -0.4 is 15.0 Å². The first-order valence-corrected chi connectivity index (χ1v) is 14.4. The molecule has 1 aliphatic heterocycles. The van der Waals surface area contributed by atoms with Gasteiger partial charge in [0, 0.05) is 53.5 Å². The number of pyridine rings is 3. The van der Waals surface area contributed by atoms with Gasteiger partial charge >= 0.3 is 12.1 Å². The Morgan fingerprint density at radius 1 is 1.09 bits per heavy atom. The molecule has 1 aliphatic rings. The fraction of sp³-hybridized carbons (Fsp3) is 0.294. The summed E-state index contributed by atoms with van der Waals surface area (Å²) in [7, 11) is 0. The van der Waals surface area contributed by atoms with Crippen LogP contribution in [0.4, 0.5) is 13.2 Å². The summed E-state index contributed by atoms with van der Waals surface area (Å²) >= 11 is 0. The van der Waals surface area contributed by atoms with Gasteiger partial charge in [0.15, 0.2) is 0 Å². The van der Waals surface area contributed by atoms with Crippen molar-refractivity contribution in [2.45, 2.75) is 58.9 Å². The Morgan fingerprint density at radius 3 is 2.58 bits per heavy atom. The summed E-state index contributed by atoms with van der Waals surface area (Å²) in [6.45, 7) is 7.72. The highest BCUT2D eigenvalue weighted by Crippen LogP contribution is 2.48. The minimum Gasteiger partial charge on any atom is -0.492 e. The number of carbonyl (C=O) groups is 1. The highest BCUT2D eigenvalue weighted by atomic mass is 19.4. The molecule has 0 spiro atoms. The van der Waals surface area contributed by atoms with Gasteiger partial charge in [-0.2, -0.15) is 13.2 Å². The van der Waals surface area contributed by atoms with Gasteiger partial charge in [-0.15, -0.1) is 0 Å². The van der Waals surface area contributed by atoms with Gasteiger partial charge in [0.25, 0.3) is 5.56 Å². The van der Waals surface area contributed by atoms with E-state index in [0.717, 1.165) is 23.2 Å². The minimum atomic E-state index is -4.60. The number of rotatable bonds is 6. The molecule has 4 heterocycles. The molecule has 0 saturated carbocycles. The number of carboxylic acid groups (broad SMARTS) is 1. The van der Waals surface area contributed by atoms with E-state index < -0.39 is 28.9 Å². The zero-order valence-electron chi connectivity index (χ0n) is 25.1. The van der Waals surface area contributed by atoms with Crippen molar-refractivity contribution in [3.63, 3.8) is 0 Å². The largest absolute Gasteiger partial charge is 0.492 e. The Hall–Kier alpha value is -4.93. The van der Waals surface area contributed by atoms with Crippen LogP contribution in [0.15, 0.2) is 59.8 Å². The fourth-order valence-corrected chi connectivity index (χ4v) is 5.94. The number of aliphatic carboxylic acids is 1. The molecule has 0 fully saturated rings. The Morgan fingerprint density at radius 2 is 1.87 bits per heavy atom. The van der Waals surface area contributed by atoms with Crippen molar-refractivity contribution in [3.05, 3.63) is 93.2 Å². The van der Waals surface area contributed by atoms with E-state index in [1.54, 1.807) is 31.3 Å². The Balaban J connectivity index is 1.71. The van der Waals surface area contributed by atoms with Gasteiger partial charge in [-0.05, 0) is 74.2 Å². The molecule has 8 nitrogen and oxygen atoms in total. The summed E-state index contributed by atoms with van der Waals surface area (Å²) in [5.74, 6) is -0.0256. The van der Waals surface area contributed by atoms with Crippen LogP contribution in [0.5, 0.6) is 11.5 Å². The van der Waals surface area contributed by atoms with Crippen molar-refractivity contribution >= 4 is 27.8 Å². The predicted molar refractivity (Wildman–Crippen MR) is 163 cm³/mol. The third-order valence-electron chi connectivity index (χ3n) is 7.74. The fourth-order valence-electron chi connectivity index (χ4n) is 5.94. The van der Waals surface area contributed by atoms with E-state index >= 15 is 0 Å². The molecule has 1 N–H and O–H groups in total. The molecule has 0 radical (unpaired) electrons. The summed E-state index contributed by atoms with van der Waals surface area (Å²) < 4.78 is 54.3. The van der Waals surface area contributed by atoms with Gasteiger partial charge in [-0.25, -0.2) is 0 Å². The number of benzene rings is 2. The first kappa shape index (κ1) is 30.1. The first-order valence-electron chi connectivity index (χ1n) is 14.4. The topological polar surface area (TPSA) is 104 Å². The average molecular weight is 618 g/mol. The van der Waals surface area contributed by atoms with E-state index in [1.807, 2.05) is 26.8 Å². The van der Waals surface area contributed by atoms with Crippen LogP contribution in [0.1, 0.15) is 48.6 Å². The molecule has 3 aromatic heterocycles.